The number of carbonyl (C=O) groups is 1. The molecule has 1 atom stereocenters. The molecule has 1 aromatic rings. The number of hydrogen-bond acceptors (Lipinski definition) is 4. The van der Waals surface area contributed by atoms with Crippen LogP contribution in [0.4, 0.5) is 5.82 Å². The molecule has 1 fully saturated rings. The zero-order chi connectivity index (χ0) is 13.7. The average molecular weight is 263 g/mol. The molecule has 5 nitrogen and oxygen atoms in total. The standard InChI is InChI=1S/C14H21N3O2/c1-2-3-12-6-11(7-13(15)17-12)14(18)16-8-10-4-5-19-9-10/h6-7,10H,2-5,8-9H2,1H3,(H2,15,17)(H,16,18). The first kappa shape index (κ1) is 13.8. The van der Waals surface area contributed by atoms with E-state index in [1.165, 1.54) is 0 Å². The average Bonchev–Trinajstić information content (AvgIpc) is 2.88. The third-order valence-corrected chi connectivity index (χ3v) is 3.24. The van der Waals surface area contributed by atoms with Crippen molar-refractivity contribution >= 4 is 11.7 Å². The van der Waals surface area contributed by atoms with Crippen LogP contribution in [0.15, 0.2) is 12.1 Å². The van der Waals surface area contributed by atoms with Gasteiger partial charge in [0.2, 0.25) is 0 Å². The number of hydrogen-bond donors (Lipinski definition) is 2. The Balaban J connectivity index is 1.97. The van der Waals surface area contributed by atoms with Crippen LogP contribution in [0.1, 0.15) is 35.8 Å². The number of amides is 1. The molecule has 5 heteroatoms. The molecule has 1 unspecified atom stereocenters. The molecule has 0 bridgehead atoms. The van der Waals surface area contributed by atoms with E-state index in [2.05, 4.69) is 17.2 Å². The number of nitrogens with zero attached hydrogens (tertiary/aromatic N) is 1. The molecule has 1 aliphatic rings. The van der Waals surface area contributed by atoms with Crippen LogP contribution in [0.25, 0.3) is 0 Å². The summed E-state index contributed by atoms with van der Waals surface area (Å²) in [4.78, 5) is 16.3. The van der Waals surface area contributed by atoms with Crippen LogP contribution in [-0.2, 0) is 11.2 Å². The lowest BCUT2D eigenvalue weighted by Crippen LogP contribution is -2.29. The Bertz CT molecular complexity index is 442. The van der Waals surface area contributed by atoms with E-state index in [-0.39, 0.29) is 5.91 Å². The van der Waals surface area contributed by atoms with Gasteiger partial charge in [-0.1, -0.05) is 13.3 Å². The first-order chi connectivity index (χ1) is 9.19. The largest absolute Gasteiger partial charge is 0.384 e. The molecule has 0 aromatic carbocycles. The predicted molar refractivity (Wildman–Crippen MR) is 73.9 cm³/mol. The van der Waals surface area contributed by atoms with E-state index in [0.29, 0.717) is 23.8 Å². The Morgan fingerprint density at radius 1 is 1.58 bits per heavy atom. The van der Waals surface area contributed by atoms with Crippen LogP contribution in [0.2, 0.25) is 0 Å². The fraction of sp³-hybridized carbons (Fsp3) is 0.571. The maximum absolute atomic E-state index is 12.1. The molecule has 0 spiro atoms. The molecule has 1 amide bonds. The zero-order valence-electron chi connectivity index (χ0n) is 11.3. The lowest BCUT2D eigenvalue weighted by atomic mass is 10.1. The summed E-state index contributed by atoms with van der Waals surface area (Å²) in [6, 6.07) is 3.44. The van der Waals surface area contributed by atoms with Crippen molar-refractivity contribution in [1.29, 1.82) is 0 Å². The second kappa shape index (κ2) is 6.52. The third kappa shape index (κ3) is 3.92. The summed E-state index contributed by atoms with van der Waals surface area (Å²) in [5.74, 6) is 0.747. The number of aryl methyl sites for hydroxylation is 1. The van der Waals surface area contributed by atoms with Gasteiger partial charge in [0.05, 0.1) is 6.61 Å². The second-order valence-electron chi connectivity index (χ2n) is 4.96. The minimum Gasteiger partial charge on any atom is -0.384 e. The van der Waals surface area contributed by atoms with Gasteiger partial charge in [0.15, 0.2) is 0 Å². The summed E-state index contributed by atoms with van der Waals surface area (Å²) in [5.41, 5.74) is 7.20. The molecule has 3 N–H and O–H groups in total. The van der Waals surface area contributed by atoms with E-state index in [4.69, 9.17) is 10.5 Å². The van der Waals surface area contributed by atoms with Gasteiger partial charge < -0.3 is 15.8 Å². The Hall–Kier alpha value is -1.62. The van der Waals surface area contributed by atoms with E-state index in [1.807, 2.05) is 6.07 Å². The Morgan fingerprint density at radius 3 is 3.11 bits per heavy atom. The lowest BCUT2D eigenvalue weighted by molar-refractivity contribution is 0.0945. The monoisotopic (exact) mass is 263 g/mol. The van der Waals surface area contributed by atoms with Gasteiger partial charge in [-0.2, -0.15) is 0 Å². The van der Waals surface area contributed by atoms with Crippen LogP contribution in [0.5, 0.6) is 0 Å². The SMILES string of the molecule is CCCc1cc(C(=O)NCC2CCOC2)cc(N)n1. The molecule has 2 heterocycles. The van der Waals surface area contributed by atoms with E-state index in [0.717, 1.165) is 38.2 Å². The van der Waals surface area contributed by atoms with E-state index in [1.54, 1.807) is 6.07 Å². The first-order valence-electron chi connectivity index (χ1n) is 6.81. The fourth-order valence-electron chi connectivity index (χ4n) is 2.21. The van der Waals surface area contributed by atoms with Crippen molar-refractivity contribution in [2.45, 2.75) is 26.2 Å². The fourth-order valence-corrected chi connectivity index (χ4v) is 2.21. The van der Waals surface area contributed by atoms with Crippen molar-refractivity contribution in [3.63, 3.8) is 0 Å². The van der Waals surface area contributed by atoms with Gasteiger partial charge in [-0.05, 0) is 25.0 Å². The van der Waals surface area contributed by atoms with Gasteiger partial charge in [-0.3, -0.25) is 4.79 Å². The molecule has 1 aliphatic heterocycles. The van der Waals surface area contributed by atoms with Crippen LogP contribution in [0, 0.1) is 5.92 Å². The molecule has 19 heavy (non-hydrogen) atoms. The van der Waals surface area contributed by atoms with Crippen molar-refractivity contribution in [3.8, 4) is 0 Å². The molecule has 104 valence electrons. The van der Waals surface area contributed by atoms with Gasteiger partial charge in [-0.15, -0.1) is 0 Å². The highest BCUT2D eigenvalue weighted by Gasteiger charge is 2.17. The van der Waals surface area contributed by atoms with Crippen molar-refractivity contribution in [2.24, 2.45) is 5.92 Å². The van der Waals surface area contributed by atoms with Crippen LogP contribution in [0.3, 0.4) is 0 Å². The number of anilines is 1. The van der Waals surface area contributed by atoms with Crippen molar-refractivity contribution in [3.05, 3.63) is 23.4 Å². The number of aromatic nitrogens is 1. The van der Waals surface area contributed by atoms with Gasteiger partial charge >= 0.3 is 0 Å². The number of nitrogens with one attached hydrogen (secondary N) is 1. The van der Waals surface area contributed by atoms with Gasteiger partial charge in [0.1, 0.15) is 5.82 Å². The molecule has 0 aliphatic carbocycles. The summed E-state index contributed by atoms with van der Waals surface area (Å²) in [5, 5.41) is 2.94. The first-order valence-corrected chi connectivity index (χ1v) is 6.81. The summed E-state index contributed by atoms with van der Waals surface area (Å²) in [6.07, 6.45) is 2.83. The van der Waals surface area contributed by atoms with Gasteiger partial charge in [-0.25, -0.2) is 4.98 Å². The van der Waals surface area contributed by atoms with Crippen molar-refractivity contribution < 1.29 is 9.53 Å². The second-order valence-corrected chi connectivity index (χ2v) is 4.96. The summed E-state index contributed by atoms with van der Waals surface area (Å²) in [6.45, 7) is 4.26. The Morgan fingerprint density at radius 2 is 2.42 bits per heavy atom. The van der Waals surface area contributed by atoms with Gasteiger partial charge in [0.25, 0.3) is 5.91 Å². The minimum absolute atomic E-state index is 0.0849. The lowest BCUT2D eigenvalue weighted by Gasteiger charge is -2.10. The topological polar surface area (TPSA) is 77.2 Å². The molecular formula is C14H21N3O2. The molecule has 0 saturated carbocycles. The number of rotatable bonds is 5. The van der Waals surface area contributed by atoms with Crippen LogP contribution in [-0.4, -0.2) is 30.6 Å². The highest BCUT2D eigenvalue weighted by Crippen LogP contribution is 2.12. The Kier molecular flexibility index (Phi) is 4.74. The summed E-state index contributed by atoms with van der Waals surface area (Å²) >= 11 is 0. The molecule has 1 aromatic heterocycles. The van der Waals surface area contributed by atoms with E-state index in [9.17, 15) is 4.79 Å². The van der Waals surface area contributed by atoms with Crippen molar-refractivity contribution in [1.82, 2.24) is 10.3 Å². The number of carbonyl (C=O) groups excluding carboxylic acids is 1. The number of nitrogens with two attached hydrogens (primary N) is 1. The highest BCUT2D eigenvalue weighted by molar-refractivity contribution is 5.94. The summed E-state index contributed by atoms with van der Waals surface area (Å²) < 4.78 is 5.28. The van der Waals surface area contributed by atoms with Crippen molar-refractivity contribution in [2.75, 3.05) is 25.5 Å². The smallest absolute Gasteiger partial charge is 0.251 e. The predicted octanol–water partition coefficient (Wildman–Crippen LogP) is 1.38. The number of pyridine rings is 1. The maximum atomic E-state index is 12.1. The Labute approximate surface area is 113 Å². The third-order valence-electron chi connectivity index (χ3n) is 3.24. The van der Waals surface area contributed by atoms with E-state index < -0.39 is 0 Å². The molecular weight excluding hydrogens is 242 g/mol. The van der Waals surface area contributed by atoms with Gasteiger partial charge in [0, 0.05) is 30.3 Å². The summed E-state index contributed by atoms with van der Waals surface area (Å²) in [7, 11) is 0. The number of ether oxygens (including phenoxy) is 1. The molecule has 2 rings (SSSR count). The molecule has 1 saturated heterocycles. The number of nitrogen functional groups attached to an aromatic ring is 1. The maximum Gasteiger partial charge on any atom is 0.251 e. The molecule has 0 radical (unpaired) electrons. The van der Waals surface area contributed by atoms with Crippen LogP contribution < -0.4 is 11.1 Å². The van der Waals surface area contributed by atoms with Crippen LogP contribution >= 0.6 is 0 Å². The minimum atomic E-state index is -0.0849. The quantitative estimate of drug-likeness (QED) is 0.841. The normalized spacial score (nSPS) is 18.5. The zero-order valence-corrected chi connectivity index (χ0v) is 11.3. The highest BCUT2D eigenvalue weighted by atomic mass is 16.5. The van der Waals surface area contributed by atoms with E-state index >= 15 is 0 Å².